The van der Waals surface area contributed by atoms with E-state index >= 15 is 0 Å². The molecule has 0 spiro atoms. The van der Waals surface area contributed by atoms with Crippen molar-refractivity contribution in [3.8, 4) is 0 Å². The molecule has 1 atom stereocenters. The van der Waals surface area contributed by atoms with E-state index in [1.807, 2.05) is 62.4 Å². The molecule has 0 aliphatic carbocycles. The van der Waals surface area contributed by atoms with E-state index in [4.69, 9.17) is 0 Å². The van der Waals surface area contributed by atoms with Gasteiger partial charge in [-0.05, 0) is 37.6 Å². The third-order valence-corrected chi connectivity index (χ3v) is 3.69. The highest BCUT2D eigenvalue weighted by atomic mass is 32.2. The molecule has 2 rings (SSSR count). The number of hydrogen-bond acceptors (Lipinski definition) is 1. The summed E-state index contributed by atoms with van der Waals surface area (Å²) in [5.41, 5.74) is 3.17. The van der Waals surface area contributed by atoms with Crippen LogP contribution in [0.15, 0.2) is 53.4 Å². The van der Waals surface area contributed by atoms with Gasteiger partial charge in [-0.2, -0.15) is 0 Å². The Morgan fingerprint density at radius 1 is 0.941 bits per heavy atom. The monoisotopic (exact) mass is 245 g/mol. The lowest BCUT2D eigenvalue weighted by Crippen LogP contribution is -2.05. The molecule has 17 heavy (non-hydrogen) atoms. The third kappa shape index (κ3) is 2.94. The second kappa shape index (κ2) is 5.15. The van der Waals surface area contributed by atoms with Gasteiger partial charge in [-0.15, -0.1) is 0 Å². The molecular weight excluding hydrogens is 230 g/mol. The molecule has 0 radical (unpaired) electrons. The van der Waals surface area contributed by atoms with Crippen LogP contribution in [-0.4, -0.2) is 4.21 Å². The Balaban J connectivity index is 2.17. The number of hydrogen-bond donors (Lipinski definition) is 1. The molecular formula is C14H15NOS. The number of anilines is 1. The van der Waals surface area contributed by atoms with Gasteiger partial charge in [0.05, 0.1) is 4.90 Å². The molecule has 0 saturated heterocycles. The summed E-state index contributed by atoms with van der Waals surface area (Å²) >= 11 is 0. The zero-order valence-electron chi connectivity index (χ0n) is 9.94. The van der Waals surface area contributed by atoms with Crippen molar-refractivity contribution in [2.75, 3.05) is 4.72 Å². The van der Waals surface area contributed by atoms with Gasteiger partial charge in [0.15, 0.2) is 0 Å². The Morgan fingerprint density at radius 2 is 1.59 bits per heavy atom. The normalized spacial score (nSPS) is 12.1. The molecule has 3 heteroatoms. The van der Waals surface area contributed by atoms with Crippen molar-refractivity contribution >= 4 is 16.7 Å². The Bertz CT molecular complexity index is 534. The van der Waals surface area contributed by atoms with Gasteiger partial charge in [0, 0.05) is 5.69 Å². The zero-order chi connectivity index (χ0) is 12.3. The van der Waals surface area contributed by atoms with Crippen molar-refractivity contribution < 1.29 is 4.21 Å². The zero-order valence-corrected chi connectivity index (χ0v) is 10.8. The predicted octanol–water partition coefficient (Wildman–Crippen LogP) is 3.44. The van der Waals surface area contributed by atoms with Gasteiger partial charge in [-0.1, -0.05) is 35.9 Å². The number of rotatable bonds is 3. The standard InChI is InChI=1S/C14H15NOS/c1-11-7-9-13(10-8-11)17(16)15-14-6-4-3-5-12(14)2/h3-10,15H,1-2H3. The second-order valence-corrected chi connectivity index (χ2v) is 5.21. The number of aryl methyl sites for hydroxylation is 2. The van der Waals surface area contributed by atoms with Crippen molar-refractivity contribution in [1.29, 1.82) is 0 Å². The van der Waals surface area contributed by atoms with Crippen LogP contribution in [0.2, 0.25) is 0 Å². The van der Waals surface area contributed by atoms with Crippen LogP contribution in [0.5, 0.6) is 0 Å². The maximum Gasteiger partial charge on any atom is 0.150 e. The van der Waals surface area contributed by atoms with Gasteiger partial charge in [0.25, 0.3) is 0 Å². The van der Waals surface area contributed by atoms with E-state index in [2.05, 4.69) is 4.72 Å². The molecule has 1 N–H and O–H groups in total. The van der Waals surface area contributed by atoms with Crippen LogP contribution in [0.3, 0.4) is 0 Å². The highest BCUT2D eigenvalue weighted by Crippen LogP contribution is 2.17. The van der Waals surface area contributed by atoms with Gasteiger partial charge in [-0.25, -0.2) is 4.21 Å². The predicted molar refractivity (Wildman–Crippen MR) is 72.4 cm³/mol. The first kappa shape index (κ1) is 11.9. The fraction of sp³-hybridized carbons (Fsp3) is 0.143. The summed E-state index contributed by atoms with van der Waals surface area (Å²) in [5, 5.41) is 0. The number of para-hydroxylation sites is 1. The second-order valence-electron chi connectivity index (χ2n) is 4.00. The topological polar surface area (TPSA) is 29.1 Å². The van der Waals surface area contributed by atoms with Crippen LogP contribution in [0.1, 0.15) is 11.1 Å². The third-order valence-electron chi connectivity index (χ3n) is 2.58. The quantitative estimate of drug-likeness (QED) is 0.881. The molecule has 1 unspecified atom stereocenters. The van der Waals surface area contributed by atoms with Gasteiger partial charge in [0.1, 0.15) is 11.0 Å². The maximum absolute atomic E-state index is 12.1. The van der Waals surface area contributed by atoms with Crippen LogP contribution >= 0.6 is 0 Å². The summed E-state index contributed by atoms with van der Waals surface area (Å²) in [6, 6.07) is 15.5. The van der Waals surface area contributed by atoms with Crippen molar-refractivity contribution in [3.63, 3.8) is 0 Å². The molecule has 2 aromatic rings. The van der Waals surface area contributed by atoms with E-state index in [9.17, 15) is 4.21 Å². The Labute approximate surface area is 104 Å². The molecule has 0 fully saturated rings. The molecule has 0 aromatic heterocycles. The van der Waals surface area contributed by atoms with Crippen LogP contribution in [0.25, 0.3) is 0 Å². The molecule has 88 valence electrons. The summed E-state index contributed by atoms with van der Waals surface area (Å²) in [6.07, 6.45) is 0. The van der Waals surface area contributed by atoms with Crippen LogP contribution in [-0.2, 0) is 11.0 Å². The van der Waals surface area contributed by atoms with E-state index in [1.54, 1.807) is 0 Å². The van der Waals surface area contributed by atoms with Crippen LogP contribution < -0.4 is 4.72 Å². The first-order valence-corrected chi connectivity index (χ1v) is 6.62. The van der Waals surface area contributed by atoms with Crippen molar-refractivity contribution in [1.82, 2.24) is 0 Å². The molecule has 2 nitrogen and oxygen atoms in total. The summed E-state index contributed by atoms with van der Waals surface area (Å²) in [4.78, 5) is 0.791. The first-order chi connectivity index (χ1) is 8.16. The van der Waals surface area contributed by atoms with E-state index in [1.165, 1.54) is 5.56 Å². The summed E-state index contributed by atoms with van der Waals surface area (Å²) in [7, 11) is -1.20. The SMILES string of the molecule is Cc1ccc(S(=O)Nc2ccccc2C)cc1. The minimum atomic E-state index is -1.20. The van der Waals surface area contributed by atoms with Crippen molar-refractivity contribution in [2.24, 2.45) is 0 Å². The highest BCUT2D eigenvalue weighted by molar-refractivity contribution is 7.86. The lowest BCUT2D eigenvalue weighted by molar-refractivity contribution is 0.686. The minimum Gasteiger partial charge on any atom is -0.301 e. The van der Waals surface area contributed by atoms with Gasteiger partial charge in [-0.3, -0.25) is 0 Å². The molecule has 0 heterocycles. The number of benzene rings is 2. The van der Waals surface area contributed by atoms with Gasteiger partial charge in [0.2, 0.25) is 0 Å². The lowest BCUT2D eigenvalue weighted by atomic mass is 10.2. The van der Waals surface area contributed by atoms with Crippen LogP contribution in [0.4, 0.5) is 5.69 Å². The minimum absolute atomic E-state index is 0.791. The highest BCUT2D eigenvalue weighted by Gasteiger charge is 2.04. The fourth-order valence-corrected chi connectivity index (χ4v) is 2.44. The van der Waals surface area contributed by atoms with Gasteiger partial charge < -0.3 is 4.72 Å². The Hall–Kier alpha value is -1.61. The smallest absolute Gasteiger partial charge is 0.150 e. The maximum atomic E-state index is 12.1. The summed E-state index contributed by atoms with van der Waals surface area (Å²) in [5.74, 6) is 0. The molecule has 0 amide bonds. The van der Waals surface area contributed by atoms with E-state index in [0.29, 0.717) is 0 Å². The van der Waals surface area contributed by atoms with Crippen LogP contribution in [0, 0.1) is 13.8 Å². The summed E-state index contributed by atoms with van der Waals surface area (Å²) in [6.45, 7) is 4.01. The Kier molecular flexibility index (Phi) is 3.59. The fourth-order valence-electron chi connectivity index (χ4n) is 1.51. The first-order valence-electron chi connectivity index (χ1n) is 5.47. The largest absolute Gasteiger partial charge is 0.301 e. The van der Waals surface area contributed by atoms with Crippen molar-refractivity contribution in [2.45, 2.75) is 18.7 Å². The molecule has 0 saturated carbocycles. The molecule has 0 aliphatic heterocycles. The number of nitrogens with one attached hydrogen (secondary N) is 1. The molecule has 0 bridgehead atoms. The molecule has 2 aromatic carbocycles. The van der Waals surface area contributed by atoms with Crippen molar-refractivity contribution in [3.05, 3.63) is 59.7 Å². The van der Waals surface area contributed by atoms with Gasteiger partial charge >= 0.3 is 0 Å². The average molecular weight is 245 g/mol. The van der Waals surface area contributed by atoms with E-state index < -0.39 is 11.0 Å². The molecule has 0 aliphatic rings. The summed E-state index contributed by atoms with van der Waals surface area (Å²) < 4.78 is 15.1. The van der Waals surface area contributed by atoms with E-state index in [-0.39, 0.29) is 0 Å². The lowest BCUT2D eigenvalue weighted by Gasteiger charge is -2.08. The van der Waals surface area contributed by atoms with E-state index in [0.717, 1.165) is 16.1 Å². The Morgan fingerprint density at radius 3 is 2.24 bits per heavy atom. The average Bonchev–Trinajstić information content (AvgIpc) is 2.33.